The number of hydrogen-bond donors (Lipinski definition) is 0. The second-order valence-corrected chi connectivity index (χ2v) is 4.84. The maximum absolute atomic E-state index is 2.51. The number of hydrogen-bond acceptors (Lipinski definition) is 1. The first-order chi connectivity index (χ1) is 6.29. The van der Waals surface area contributed by atoms with E-state index in [4.69, 9.17) is 0 Å². The molecule has 1 heterocycles. The van der Waals surface area contributed by atoms with Gasteiger partial charge in [-0.1, -0.05) is 12.2 Å². The molecular formula is C12H21N. The van der Waals surface area contributed by atoms with Gasteiger partial charge in [-0.25, -0.2) is 0 Å². The fourth-order valence-electron chi connectivity index (χ4n) is 3.15. The van der Waals surface area contributed by atoms with E-state index in [1.165, 1.54) is 32.4 Å². The van der Waals surface area contributed by atoms with Crippen LogP contribution in [0, 0.1) is 17.8 Å². The van der Waals surface area contributed by atoms with Crippen LogP contribution in [0.3, 0.4) is 0 Å². The molecule has 1 saturated carbocycles. The summed E-state index contributed by atoms with van der Waals surface area (Å²) in [7, 11) is 2.27. The van der Waals surface area contributed by atoms with E-state index in [2.05, 4.69) is 31.0 Å². The van der Waals surface area contributed by atoms with E-state index in [-0.39, 0.29) is 0 Å². The molecule has 0 N–H and O–H groups in total. The van der Waals surface area contributed by atoms with Gasteiger partial charge in [-0.2, -0.15) is 0 Å². The van der Waals surface area contributed by atoms with Gasteiger partial charge in [0.05, 0.1) is 0 Å². The average Bonchev–Trinajstić information content (AvgIpc) is 2.44. The SMILES string of the molecule is C/C=C\[C@H]1CC[C@H]2CN(C)CC2C1. The number of nitrogens with zero attached hydrogens (tertiary/aromatic N) is 1. The van der Waals surface area contributed by atoms with Gasteiger partial charge in [0.1, 0.15) is 0 Å². The lowest BCUT2D eigenvalue weighted by Gasteiger charge is -2.29. The zero-order valence-corrected chi connectivity index (χ0v) is 8.87. The molecule has 1 unspecified atom stereocenters. The minimum absolute atomic E-state index is 0.887. The highest BCUT2D eigenvalue weighted by atomic mass is 15.1. The van der Waals surface area contributed by atoms with Gasteiger partial charge in [-0.3, -0.25) is 0 Å². The highest BCUT2D eigenvalue weighted by molar-refractivity contribution is 4.95. The van der Waals surface area contributed by atoms with Crippen LogP contribution in [-0.2, 0) is 0 Å². The summed E-state index contributed by atoms with van der Waals surface area (Å²) in [5, 5.41) is 0. The number of fused-ring (bicyclic) bond motifs is 1. The molecule has 74 valence electrons. The van der Waals surface area contributed by atoms with E-state index in [1.807, 2.05) is 0 Å². The van der Waals surface area contributed by atoms with Gasteiger partial charge >= 0.3 is 0 Å². The Balaban J connectivity index is 1.93. The van der Waals surface area contributed by atoms with Gasteiger partial charge in [0.15, 0.2) is 0 Å². The molecule has 13 heavy (non-hydrogen) atoms. The van der Waals surface area contributed by atoms with Gasteiger partial charge in [-0.05, 0) is 51.0 Å². The Hall–Kier alpha value is -0.300. The first-order valence-corrected chi connectivity index (χ1v) is 5.61. The summed E-state index contributed by atoms with van der Waals surface area (Å²) in [5.74, 6) is 2.91. The van der Waals surface area contributed by atoms with Gasteiger partial charge in [0, 0.05) is 13.1 Å². The molecule has 1 heteroatoms. The van der Waals surface area contributed by atoms with Crippen LogP contribution in [0.15, 0.2) is 12.2 Å². The predicted octanol–water partition coefficient (Wildman–Crippen LogP) is 2.54. The number of allylic oxidation sites excluding steroid dienone is 2. The highest BCUT2D eigenvalue weighted by Crippen LogP contribution is 2.38. The van der Waals surface area contributed by atoms with E-state index >= 15 is 0 Å². The van der Waals surface area contributed by atoms with Crippen molar-refractivity contribution in [3.63, 3.8) is 0 Å². The average molecular weight is 179 g/mol. The molecule has 1 saturated heterocycles. The van der Waals surface area contributed by atoms with Crippen LogP contribution in [0.25, 0.3) is 0 Å². The van der Waals surface area contributed by atoms with Crippen molar-refractivity contribution in [2.24, 2.45) is 17.8 Å². The molecule has 3 atom stereocenters. The summed E-state index contributed by atoms with van der Waals surface area (Å²) in [6, 6.07) is 0. The maximum atomic E-state index is 2.51. The number of likely N-dealkylation sites (tertiary alicyclic amines) is 1. The molecule has 2 aliphatic rings. The molecule has 1 nitrogen and oxygen atoms in total. The Morgan fingerprint density at radius 2 is 1.92 bits per heavy atom. The summed E-state index contributed by atoms with van der Waals surface area (Å²) in [4.78, 5) is 2.51. The molecule has 0 aromatic heterocycles. The minimum atomic E-state index is 0.887. The van der Waals surface area contributed by atoms with Crippen LogP contribution in [-0.4, -0.2) is 25.0 Å². The van der Waals surface area contributed by atoms with Crippen LogP contribution in [0.4, 0.5) is 0 Å². The monoisotopic (exact) mass is 179 g/mol. The van der Waals surface area contributed by atoms with Gasteiger partial charge in [-0.15, -0.1) is 0 Å². The van der Waals surface area contributed by atoms with Gasteiger partial charge < -0.3 is 4.90 Å². The standard InChI is InChI=1S/C12H21N/c1-3-4-10-5-6-11-8-13(2)9-12(11)7-10/h3-4,10-12H,5-9H2,1-2H3/b4-3-/t10-,11-,12?/m0/s1. The second-order valence-electron chi connectivity index (χ2n) is 4.84. The number of rotatable bonds is 1. The van der Waals surface area contributed by atoms with Crippen LogP contribution in [0.5, 0.6) is 0 Å². The molecule has 0 spiro atoms. The first-order valence-electron chi connectivity index (χ1n) is 5.61. The molecule has 0 aromatic carbocycles. The van der Waals surface area contributed by atoms with Crippen LogP contribution in [0.1, 0.15) is 26.2 Å². The third-order valence-corrected chi connectivity index (χ3v) is 3.74. The third-order valence-electron chi connectivity index (χ3n) is 3.74. The molecule has 0 aromatic rings. The lowest BCUT2D eigenvalue weighted by molar-refractivity contribution is 0.255. The summed E-state index contributed by atoms with van der Waals surface area (Å²) in [5.41, 5.74) is 0. The van der Waals surface area contributed by atoms with E-state index < -0.39 is 0 Å². The van der Waals surface area contributed by atoms with Gasteiger partial charge in [0.2, 0.25) is 0 Å². The van der Waals surface area contributed by atoms with E-state index in [0.717, 1.165) is 17.8 Å². The summed E-state index contributed by atoms with van der Waals surface area (Å²) in [6.45, 7) is 4.85. The lowest BCUT2D eigenvalue weighted by Crippen LogP contribution is -2.22. The molecular weight excluding hydrogens is 158 g/mol. The van der Waals surface area contributed by atoms with Crippen molar-refractivity contribution in [2.45, 2.75) is 26.2 Å². The Bertz CT molecular complexity index is 197. The highest BCUT2D eigenvalue weighted by Gasteiger charge is 2.35. The summed E-state index contributed by atoms with van der Waals surface area (Å²) >= 11 is 0. The molecule has 0 bridgehead atoms. The zero-order chi connectivity index (χ0) is 9.26. The largest absolute Gasteiger partial charge is 0.306 e. The van der Waals surface area contributed by atoms with Crippen LogP contribution in [0.2, 0.25) is 0 Å². The third kappa shape index (κ3) is 1.96. The minimum Gasteiger partial charge on any atom is -0.306 e. The fraction of sp³-hybridized carbons (Fsp3) is 0.833. The van der Waals surface area contributed by atoms with Crippen molar-refractivity contribution < 1.29 is 0 Å². The van der Waals surface area contributed by atoms with Crippen LogP contribution < -0.4 is 0 Å². The van der Waals surface area contributed by atoms with E-state index in [1.54, 1.807) is 0 Å². The van der Waals surface area contributed by atoms with Crippen molar-refractivity contribution in [1.29, 1.82) is 0 Å². The van der Waals surface area contributed by atoms with Crippen molar-refractivity contribution in [1.82, 2.24) is 4.90 Å². The lowest BCUT2D eigenvalue weighted by atomic mass is 9.76. The smallest absolute Gasteiger partial charge is 0.00101 e. The van der Waals surface area contributed by atoms with Crippen molar-refractivity contribution in [3.8, 4) is 0 Å². The van der Waals surface area contributed by atoms with Crippen molar-refractivity contribution in [2.75, 3.05) is 20.1 Å². The normalized spacial score (nSPS) is 41.2. The quantitative estimate of drug-likeness (QED) is 0.559. The Morgan fingerprint density at radius 3 is 2.69 bits per heavy atom. The maximum Gasteiger partial charge on any atom is 0.00101 e. The first kappa shape index (κ1) is 9.26. The summed E-state index contributed by atoms with van der Waals surface area (Å²) < 4.78 is 0. The van der Waals surface area contributed by atoms with Gasteiger partial charge in [0.25, 0.3) is 0 Å². The van der Waals surface area contributed by atoms with E-state index in [9.17, 15) is 0 Å². The predicted molar refractivity (Wildman–Crippen MR) is 56.6 cm³/mol. The zero-order valence-electron chi connectivity index (χ0n) is 8.87. The molecule has 1 aliphatic carbocycles. The van der Waals surface area contributed by atoms with E-state index in [0.29, 0.717) is 0 Å². The molecule has 0 radical (unpaired) electrons. The topological polar surface area (TPSA) is 3.24 Å². The Morgan fingerprint density at radius 1 is 1.15 bits per heavy atom. The molecule has 0 amide bonds. The Labute approximate surface area is 81.8 Å². The van der Waals surface area contributed by atoms with Crippen LogP contribution >= 0.6 is 0 Å². The molecule has 2 fully saturated rings. The van der Waals surface area contributed by atoms with Crippen molar-refractivity contribution in [3.05, 3.63) is 12.2 Å². The second kappa shape index (κ2) is 3.83. The van der Waals surface area contributed by atoms with Crippen molar-refractivity contribution >= 4 is 0 Å². The molecule has 1 aliphatic heterocycles. The Kier molecular flexibility index (Phi) is 2.73. The molecule has 2 rings (SSSR count). The summed E-state index contributed by atoms with van der Waals surface area (Å²) in [6.07, 6.45) is 8.97. The fourth-order valence-corrected chi connectivity index (χ4v) is 3.15.